The molecule has 0 spiro atoms. The van der Waals surface area contributed by atoms with Crippen molar-refractivity contribution in [3.63, 3.8) is 0 Å². The Kier molecular flexibility index (Phi) is 2.31. The number of hydrogen-bond donors (Lipinski definition) is 1. The summed E-state index contributed by atoms with van der Waals surface area (Å²) in [6.45, 7) is 0. The lowest BCUT2D eigenvalue weighted by Gasteiger charge is -2.14. The topological polar surface area (TPSA) is 44.5 Å². The van der Waals surface area contributed by atoms with Gasteiger partial charge in [0.05, 0.1) is 14.2 Å². The molecule has 0 saturated heterocycles. The van der Waals surface area contributed by atoms with Gasteiger partial charge in [-0.25, -0.2) is 4.39 Å². The van der Waals surface area contributed by atoms with Gasteiger partial charge in [0.1, 0.15) is 5.75 Å². The summed E-state index contributed by atoms with van der Waals surface area (Å²) < 4.78 is 23.9. The van der Waals surface area contributed by atoms with Gasteiger partial charge in [-0.05, 0) is 18.9 Å². The largest absolute Gasteiger partial charge is 0.497 e. The lowest BCUT2D eigenvalue weighted by molar-refractivity contribution is 0.368. The van der Waals surface area contributed by atoms with Crippen LogP contribution < -0.4 is 15.2 Å². The van der Waals surface area contributed by atoms with Gasteiger partial charge in [-0.15, -0.1) is 0 Å². The minimum Gasteiger partial charge on any atom is -0.497 e. The van der Waals surface area contributed by atoms with Crippen molar-refractivity contribution < 1.29 is 13.9 Å². The fourth-order valence-corrected chi connectivity index (χ4v) is 1.61. The number of nitrogens with two attached hydrogens (primary N) is 1. The third kappa shape index (κ3) is 1.65. The summed E-state index contributed by atoms with van der Waals surface area (Å²) in [4.78, 5) is 0. The Hall–Kier alpha value is -1.29. The molecule has 4 heteroatoms. The van der Waals surface area contributed by atoms with Crippen LogP contribution in [0.4, 0.5) is 4.39 Å². The van der Waals surface area contributed by atoms with Gasteiger partial charge in [-0.2, -0.15) is 0 Å². The van der Waals surface area contributed by atoms with Gasteiger partial charge in [0.15, 0.2) is 11.6 Å². The zero-order valence-corrected chi connectivity index (χ0v) is 8.84. The lowest BCUT2D eigenvalue weighted by Crippen LogP contribution is -2.20. The maximum atomic E-state index is 13.9. The van der Waals surface area contributed by atoms with E-state index in [2.05, 4.69) is 0 Å². The number of methoxy groups -OCH3 is 2. The van der Waals surface area contributed by atoms with E-state index in [0.29, 0.717) is 11.3 Å². The first-order valence-electron chi connectivity index (χ1n) is 4.81. The molecular weight excluding hydrogens is 197 g/mol. The van der Waals surface area contributed by atoms with Crippen LogP contribution in [0.1, 0.15) is 18.4 Å². The van der Waals surface area contributed by atoms with E-state index in [4.69, 9.17) is 15.2 Å². The van der Waals surface area contributed by atoms with E-state index in [0.717, 1.165) is 12.8 Å². The van der Waals surface area contributed by atoms with Gasteiger partial charge in [0.25, 0.3) is 0 Å². The monoisotopic (exact) mass is 211 g/mol. The van der Waals surface area contributed by atoms with Crippen LogP contribution in [-0.2, 0) is 5.54 Å². The first kappa shape index (κ1) is 10.2. The molecule has 0 amide bonds. The van der Waals surface area contributed by atoms with Crippen LogP contribution in [0, 0.1) is 5.82 Å². The molecule has 3 nitrogen and oxygen atoms in total. The Balaban J connectivity index is 2.52. The molecule has 2 N–H and O–H groups in total. The average molecular weight is 211 g/mol. The van der Waals surface area contributed by atoms with E-state index >= 15 is 0 Å². The van der Waals surface area contributed by atoms with E-state index in [1.807, 2.05) is 0 Å². The average Bonchev–Trinajstić information content (AvgIpc) is 2.98. The van der Waals surface area contributed by atoms with Crippen molar-refractivity contribution in [1.82, 2.24) is 0 Å². The van der Waals surface area contributed by atoms with E-state index in [9.17, 15) is 4.39 Å². The molecule has 82 valence electrons. The highest BCUT2D eigenvalue weighted by atomic mass is 19.1. The molecule has 1 aliphatic carbocycles. The highest BCUT2D eigenvalue weighted by Crippen LogP contribution is 2.46. The SMILES string of the molecule is COc1cc(OC)c(F)c(C2(N)CC2)c1. The van der Waals surface area contributed by atoms with Gasteiger partial charge in [0.2, 0.25) is 0 Å². The van der Waals surface area contributed by atoms with Gasteiger partial charge in [-0.3, -0.25) is 0 Å². The number of rotatable bonds is 3. The van der Waals surface area contributed by atoms with E-state index in [-0.39, 0.29) is 11.6 Å². The predicted octanol–water partition coefficient (Wildman–Crippen LogP) is 1.79. The summed E-state index contributed by atoms with van der Waals surface area (Å²) in [5, 5.41) is 0. The van der Waals surface area contributed by atoms with Crippen molar-refractivity contribution in [3.8, 4) is 11.5 Å². The Bertz CT molecular complexity index is 388. The van der Waals surface area contributed by atoms with Gasteiger partial charge in [0, 0.05) is 17.2 Å². The third-order valence-electron chi connectivity index (χ3n) is 2.79. The van der Waals surface area contributed by atoms with Crippen LogP contribution in [0.2, 0.25) is 0 Å². The number of halogens is 1. The van der Waals surface area contributed by atoms with Crippen LogP contribution >= 0.6 is 0 Å². The van der Waals surface area contributed by atoms with E-state index in [1.54, 1.807) is 6.07 Å². The van der Waals surface area contributed by atoms with E-state index < -0.39 is 5.54 Å². The Morgan fingerprint density at radius 2 is 1.93 bits per heavy atom. The van der Waals surface area contributed by atoms with Crippen molar-refractivity contribution in [3.05, 3.63) is 23.5 Å². The summed E-state index contributed by atoms with van der Waals surface area (Å²) in [5.74, 6) is 0.374. The van der Waals surface area contributed by atoms with Crippen molar-refractivity contribution in [2.75, 3.05) is 14.2 Å². The van der Waals surface area contributed by atoms with Gasteiger partial charge < -0.3 is 15.2 Å². The first-order valence-corrected chi connectivity index (χ1v) is 4.81. The summed E-state index contributed by atoms with van der Waals surface area (Å²) in [6, 6.07) is 3.16. The van der Waals surface area contributed by atoms with E-state index in [1.165, 1.54) is 20.3 Å². The van der Waals surface area contributed by atoms with Gasteiger partial charge in [-0.1, -0.05) is 0 Å². The highest BCUT2D eigenvalue weighted by Gasteiger charge is 2.43. The van der Waals surface area contributed by atoms with Crippen LogP contribution in [0.25, 0.3) is 0 Å². The second-order valence-corrected chi connectivity index (χ2v) is 3.85. The summed E-state index contributed by atoms with van der Waals surface area (Å²) in [5.41, 5.74) is 5.93. The number of ether oxygens (including phenoxy) is 2. The number of hydrogen-bond acceptors (Lipinski definition) is 3. The predicted molar refractivity (Wildman–Crippen MR) is 54.6 cm³/mol. The molecule has 1 aromatic carbocycles. The van der Waals surface area contributed by atoms with Crippen molar-refractivity contribution >= 4 is 0 Å². The summed E-state index contributed by atoms with van der Waals surface area (Å²) in [6.07, 6.45) is 1.61. The zero-order chi connectivity index (χ0) is 11.1. The second kappa shape index (κ2) is 3.38. The molecule has 0 aromatic heterocycles. The molecule has 0 atom stereocenters. The molecule has 1 aliphatic rings. The van der Waals surface area contributed by atoms with Crippen LogP contribution in [0.5, 0.6) is 11.5 Å². The summed E-state index contributed by atoms with van der Waals surface area (Å²) in [7, 11) is 2.96. The minimum atomic E-state index is -0.522. The van der Waals surface area contributed by atoms with Crippen LogP contribution in [-0.4, -0.2) is 14.2 Å². The lowest BCUT2D eigenvalue weighted by atomic mass is 10.0. The Morgan fingerprint density at radius 1 is 1.27 bits per heavy atom. The fourth-order valence-electron chi connectivity index (χ4n) is 1.61. The smallest absolute Gasteiger partial charge is 0.170 e. The molecule has 0 aliphatic heterocycles. The normalized spacial score (nSPS) is 17.3. The maximum Gasteiger partial charge on any atom is 0.170 e. The minimum absolute atomic E-state index is 0.182. The molecule has 0 bridgehead atoms. The molecular formula is C11H14FNO2. The second-order valence-electron chi connectivity index (χ2n) is 3.85. The Morgan fingerprint density at radius 3 is 2.40 bits per heavy atom. The van der Waals surface area contributed by atoms with Crippen LogP contribution in [0.15, 0.2) is 12.1 Å². The van der Waals surface area contributed by atoms with Crippen molar-refractivity contribution in [1.29, 1.82) is 0 Å². The fraction of sp³-hybridized carbons (Fsp3) is 0.455. The molecule has 0 radical (unpaired) electrons. The molecule has 0 unspecified atom stereocenters. The molecule has 0 heterocycles. The molecule has 2 rings (SSSR count). The zero-order valence-electron chi connectivity index (χ0n) is 8.84. The van der Waals surface area contributed by atoms with Crippen LogP contribution in [0.3, 0.4) is 0 Å². The molecule has 1 fully saturated rings. The first-order chi connectivity index (χ1) is 7.10. The van der Waals surface area contributed by atoms with Crippen molar-refractivity contribution in [2.24, 2.45) is 5.73 Å². The third-order valence-corrected chi connectivity index (χ3v) is 2.79. The number of benzene rings is 1. The molecule has 15 heavy (non-hydrogen) atoms. The quantitative estimate of drug-likeness (QED) is 0.829. The summed E-state index contributed by atoms with van der Waals surface area (Å²) >= 11 is 0. The Labute approximate surface area is 88.0 Å². The standard InChI is InChI=1S/C11H14FNO2/c1-14-7-5-8(11(13)3-4-11)10(12)9(6-7)15-2/h5-6H,3-4,13H2,1-2H3. The molecule has 1 saturated carbocycles. The molecule has 1 aromatic rings. The van der Waals surface area contributed by atoms with Gasteiger partial charge >= 0.3 is 0 Å². The highest BCUT2D eigenvalue weighted by molar-refractivity contribution is 5.45. The van der Waals surface area contributed by atoms with Crippen molar-refractivity contribution in [2.45, 2.75) is 18.4 Å². The maximum absolute atomic E-state index is 13.9.